The molecule has 0 aliphatic heterocycles. The van der Waals surface area contributed by atoms with Crippen molar-refractivity contribution in [3.8, 4) is 0 Å². The van der Waals surface area contributed by atoms with Crippen molar-refractivity contribution in [3.05, 3.63) is 53.7 Å². The largest absolute Gasteiger partial charge is 0.468 e. The summed E-state index contributed by atoms with van der Waals surface area (Å²) in [6, 6.07) is 8.98. The second-order valence-electron chi connectivity index (χ2n) is 5.70. The Balaban J connectivity index is 2.09. The first kappa shape index (κ1) is 15.1. The van der Waals surface area contributed by atoms with E-state index in [-0.39, 0.29) is 11.4 Å². The maximum atomic E-state index is 14.0. The van der Waals surface area contributed by atoms with E-state index >= 15 is 0 Å². The average molecular weight is 293 g/mol. The molecular weight excluding hydrogens is 273 g/mol. The summed E-state index contributed by atoms with van der Waals surface area (Å²) in [5.74, 6) is 1.32. The van der Waals surface area contributed by atoms with Crippen molar-refractivity contribution in [2.24, 2.45) is 0 Å². The van der Waals surface area contributed by atoms with Crippen molar-refractivity contribution in [1.29, 1.82) is 0 Å². The third-order valence-corrected chi connectivity index (χ3v) is 3.97. The first-order valence-corrected chi connectivity index (χ1v) is 7.62. The van der Waals surface area contributed by atoms with Gasteiger partial charge in [-0.1, -0.05) is 12.1 Å². The second-order valence-corrected chi connectivity index (χ2v) is 6.69. The summed E-state index contributed by atoms with van der Waals surface area (Å²) >= 11 is 1.47. The predicted molar refractivity (Wildman–Crippen MR) is 81.3 cm³/mol. The van der Waals surface area contributed by atoms with Gasteiger partial charge in [0.25, 0.3) is 0 Å². The smallest absolute Gasteiger partial charge is 0.137 e. The van der Waals surface area contributed by atoms with Crippen LogP contribution in [0.15, 0.2) is 45.9 Å². The quantitative estimate of drug-likeness (QED) is 0.816. The van der Waals surface area contributed by atoms with Gasteiger partial charge >= 0.3 is 0 Å². The lowest BCUT2D eigenvalue weighted by Gasteiger charge is -2.21. The molecule has 0 atom stereocenters. The van der Waals surface area contributed by atoms with Crippen molar-refractivity contribution < 1.29 is 8.81 Å². The van der Waals surface area contributed by atoms with Crippen LogP contribution in [-0.4, -0.2) is 5.54 Å². The Kier molecular flexibility index (Phi) is 4.89. The maximum absolute atomic E-state index is 14.0. The molecule has 0 aliphatic rings. The zero-order valence-corrected chi connectivity index (χ0v) is 12.9. The summed E-state index contributed by atoms with van der Waals surface area (Å²) in [4.78, 5) is 0.695. The van der Waals surface area contributed by atoms with Gasteiger partial charge in [0.15, 0.2) is 0 Å². The fraction of sp³-hybridized carbons (Fsp3) is 0.375. The molecule has 20 heavy (non-hydrogen) atoms. The molecule has 0 amide bonds. The number of halogens is 1. The lowest BCUT2D eigenvalue weighted by atomic mass is 10.1. The fourth-order valence-electron chi connectivity index (χ4n) is 1.75. The highest BCUT2D eigenvalue weighted by atomic mass is 32.2. The number of hydrogen-bond acceptors (Lipinski definition) is 3. The Labute approximate surface area is 123 Å². The molecule has 0 saturated carbocycles. The van der Waals surface area contributed by atoms with Crippen LogP contribution in [0.4, 0.5) is 4.39 Å². The number of nitrogens with one attached hydrogen (secondary N) is 1. The predicted octanol–water partition coefficient (Wildman–Crippen LogP) is 4.60. The minimum atomic E-state index is -0.172. The fourth-order valence-corrected chi connectivity index (χ4v) is 2.74. The van der Waals surface area contributed by atoms with Gasteiger partial charge in [-0.3, -0.25) is 0 Å². The van der Waals surface area contributed by atoms with Crippen LogP contribution in [0.1, 0.15) is 32.1 Å². The Morgan fingerprint density at radius 1 is 1.20 bits per heavy atom. The summed E-state index contributed by atoms with van der Waals surface area (Å²) in [6.45, 7) is 6.95. The van der Waals surface area contributed by atoms with E-state index in [1.54, 1.807) is 12.3 Å². The van der Waals surface area contributed by atoms with Gasteiger partial charge in [-0.2, -0.15) is 0 Å². The first-order valence-electron chi connectivity index (χ1n) is 6.63. The van der Waals surface area contributed by atoms with Crippen LogP contribution in [0.2, 0.25) is 0 Å². The molecule has 2 nitrogen and oxygen atoms in total. The topological polar surface area (TPSA) is 25.2 Å². The molecule has 1 N–H and O–H groups in total. The third-order valence-electron chi connectivity index (χ3n) is 2.80. The molecular formula is C16H20FNOS. The third kappa shape index (κ3) is 4.39. The Morgan fingerprint density at radius 2 is 2.00 bits per heavy atom. The molecule has 1 heterocycles. The summed E-state index contributed by atoms with van der Waals surface area (Å²) < 4.78 is 19.3. The molecule has 2 aromatic rings. The summed E-state index contributed by atoms with van der Waals surface area (Å²) in [5, 5.41) is 3.40. The number of thioether (sulfide) groups is 1. The second kappa shape index (κ2) is 6.46. The van der Waals surface area contributed by atoms with Gasteiger partial charge in [-0.25, -0.2) is 4.39 Å². The SMILES string of the molecule is CC(C)(C)NCc1cccc(F)c1SCc1ccco1. The number of rotatable bonds is 5. The number of benzene rings is 1. The highest BCUT2D eigenvalue weighted by Crippen LogP contribution is 2.29. The molecule has 0 fully saturated rings. The van der Waals surface area contributed by atoms with Gasteiger partial charge < -0.3 is 9.73 Å². The van der Waals surface area contributed by atoms with E-state index in [0.29, 0.717) is 17.2 Å². The zero-order valence-electron chi connectivity index (χ0n) is 12.1. The van der Waals surface area contributed by atoms with Gasteiger partial charge in [-0.05, 0) is 44.5 Å². The highest BCUT2D eigenvalue weighted by Gasteiger charge is 2.13. The zero-order chi connectivity index (χ0) is 14.6. The molecule has 2 rings (SSSR count). The van der Waals surface area contributed by atoms with Crippen LogP contribution in [-0.2, 0) is 12.3 Å². The van der Waals surface area contributed by atoms with Gasteiger partial charge in [0, 0.05) is 17.0 Å². The maximum Gasteiger partial charge on any atom is 0.137 e. The van der Waals surface area contributed by atoms with Crippen LogP contribution < -0.4 is 5.32 Å². The van der Waals surface area contributed by atoms with E-state index in [1.165, 1.54) is 17.8 Å². The van der Waals surface area contributed by atoms with E-state index in [2.05, 4.69) is 26.1 Å². The molecule has 0 unspecified atom stereocenters. The lowest BCUT2D eigenvalue weighted by Crippen LogP contribution is -2.35. The molecule has 0 bridgehead atoms. The molecule has 0 aliphatic carbocycles. The average Bonchev–Trinajstić information content (AvgIpc) is 2.87. The molecule has 4 heteroatoms. The van der Waals surface area contributed by atoms with Crippen LogP contribution in [0, 0.1) is 5.82 Å². The minimum Gasteiger partial charge on any atom is -0.468 e. The molecule has 1 aromatic carbocycles. The summed E-state index contributed by atoms with van der Waals surface area (Å²) in [7, 11) is 0. The lowest BCUT2D eigenvalue weighted by molar-refractivity contribution is 0.421. The monoisotopic (exact) mass is 293 g/mol. The molecule has 0 spiro atoms. The molecule has 0 saturated heterocycles. The Morgan fingerprint density at radius 3 is 2.65 bits per heavy atom. The van der Waals surface area contributed by atoms with E-state index < -0.39 is 0 Å². The summed E-state index contributed by atoms with van der Waals surface area (Å²) in [5.41, 5.74) is 0.992. The van der Waals surface area contributed by atoms with E-state index in [1.807, 2.05) is 18.2 Å². The van der Waals surface area contributed by atoms with E-state index in [0.717, 1.165) is 11.3 Å². The molecule has 1 aromatic heterocycles. The van der Waals surface area contributed by atoms with E-state index in [4.69, 9.17) is 4.42 Å². The van der Waals surface area contributed by atoms with Gasteiger partial charge in [0.05, 0.1) is 12.0 Å². The highest BCUT2D eigenvalue weighted by molar-refractivity contribution is 7.98. The van der Waals surface area contributed by atoms with Crippen molar-refractivity contribution in [2.75, 3.05) is 0 Å². The van der Waals surface area contributed by atoms with Crippen LogP contribution in [0.3, 0.4) is 0 Å². The first-order chi connectivity index (χ1) is 9.46. The Bertz CT molecular complexity index is 546. The Hall–Kier alpha value is -1.26. The summed E-state index contributed by atoms with van der Waals surface area (Å²) in [6.07, 6.45) is 1.64. The molecule has 0 radical (unpaired) electrons. The number of hydrogen-bond donors (Lipinski definition) is 1. The van der Waals surface area contributed by atoms with E-state index in [9.17, 15) is 4.39 Å². The van der Waals surface area contributed by atoms with Gasteiger partial charge in [-0.15, -0.1) is 11.8 Å². The van der Waals surface area contributed by atoms with Crippen LogP contribution in [0.5, 0.6) is 0 Å². The van der Waals surface area contributed by atoms with Crippen molar-refractivity contribution >= 4 is 11.8 Å². The normalized spacial score (nSPS) is 11.8. The van der Waals surface area contributed by atoms with Gasteiger partial charge in [0.1, 0.15) is 11.6 Å². The van der Waals surface area contributed by atoms with Gasteiger partial charge in [0.2, 0.25) is 0 Å². The van der Waals surface area contributed by atoms with Crippen LogP contribution >= 0.6 is 11.8 Å². The van der Waals surface area contributed by atoms with Crippen molar-refractivity contribution in [3.63, 3.8) is 0 Å². The standard InChI is InChI=1S/C16H20FNOS/c1-16(2,3)18-10-12-6-4-8-14(17)15(12)20-11-13-7-5-9-19-13/h4-9,18H,10-11H2,1-3H3. The number of furan rings is 1. The van der Waals surface area contributed by atoms with Crippen molar-refractivity contribution in [2.45, 2.75) is 43.5 Å². The minimum absolute atomic E-state index is 0.00919. The van der Waals surface area contributed by atoms with Crippen molar-refractivity contribution in [1.82, 2.24) is 5.32 Å². The molecule has 108 valence electrons. The van der Waals surface area contributed by atoms with Crippen LogP contribution in [0.25, 0.3) is 0 Å².